The van der Waals surface area contributed by atoms with Crippen LogP contribution in [-0.4, -0.2) is 37.8 Å². The van der Waals surface area contributed by atoms with Crippen LogP contribution in [0.25, 0.3) is 11.0 Å². The minimum Gasteiger partial charge on any atom is -0.481 e. The topological polar surface area (TPSA) is 71.2 Å². The van der Waals surface area contributed by atoms with Crippen LogP contribution in [0.5, 0.6) is 0 Å². The molecule has 0 saturated carbocycles. The minimum atomic E-state index is -0.846. The van der Waals surface area contributed by atoms with Crippen LogP contribution in [-0.2, 0) is 11.8 Å². The van der Waals surface area contributed by atoms with Crippen molar-refractivity contribution in [2.45, 2.75) is 25.8 Å². The molecule has 1 N–H and O–H groups in total. The maximum Gasteiger partial charge on any atom is 0.305 e. The number of nitrogens with zero attached hydrogens (tertiary/aromatic N) is 4. The molecule has 0 fully saturated rings. The lowest BCUT2D eigenvalue weighted by molar-refractivity contribution is -0.138. The number of fused-ring (bicyclic) bond motifs is 1. The van der Waals surface area contributed by atoms with Gasteiger partial charge in [-0.05, 0) is 18.1 Å². The highest BCUT2D eigenvalue weighted by atomic mass is 16.4. The summed E-state index contributed by atoms with van der Waals surface area (Å²) in [7, 11) is 3.71. The molecule has 0 bridgehead atoms. The molecule has 0 aliphatic rings. The number of hydrogen-bond acceptors (Lipinski definition) is 4. The van der Waals surface area contributed by atoms with E-state index in [9.17, 15) is 9.90 Å². The molecule has 6 nitrogen and oxygen atoms in total. The lowest BCUT2D eigenvalue weighted by Gasteiger charge is -2.30. The SMILES string of the molecule is C=C(CC)N(C)C(CC(=O)O)c1cnc2cnn(C)c2c1. The van der Waals surface area contributed by atoms with E-state index in [0.717, 1.165) is 28.7 Å². The normalized spacial score (nSPS) is 12.3. The Morgan fingerprint density at radius 3 is 2.86 bits per heavy atom. The molecule has 112 valence electrons. The Hall–Kier alpha value is -2.37. The number of carboxylic acid groups (broad SMARTS) is 1. The van der Waals surface area contributed by atoms with Crippen molar-refractivity contribution in [3.63, 3.8) is 0 Å². The Balaban J connectivity index is 2.44. The van der Waals surface area contributed by atoms with Gasteiger partial charge in [0.15, 0.2) is 0 Å². The molecule has 0 saturated heterocycles. The molecule has 0 aliphatic carbocycles. The van der Waals surface area contributed by atoms with Crippen molar-refractivity contribution < 1.29 is 9.90 Å². The predicted molar refractivity (Wildman–Crippen MR) is 80.7 cm³/mol. The highest BCUT2D eigenvalue weighted by molar-refractivity contribution is 5.75. The zero-order chi connectivity index (χ0) is 15.6. The number of hydrogen-bond donors (Lipinski definition) is 1. The van der Waals surface area contributed by atoms with E-state index in [1.807, 2.05) is 32.0 Å². The summed E-state index contributed by atoms with van der Waals surface area (Å²) in [5, 5.41) is 13.3. The zero-order valence-electron chi connectivity index (χ0n) is 12.6. The van der Waals surface area contributed by atoms with Crippen molar-refractivity contribution in [2.24, 2.45) is 7.05 Å². The fourth-order valence-corrected chi connectivity index (χ4v) is 2.34. The molecule has 0 aromatic carbocycles. The maximum absolute atomic E-state index is 11.2. The van der Waals surface area contributed by atoms with Gasteiger partial charge in [0.1, 0.15) is 5.52 Å². The third kappa shape index (κ3) is 3.04. The maximum atomic E-state index is 11.2. The Kier molecular flexibility index (Phi) is 4.26. The van der Waals surface area contributed by atoms with E-state index >= 15 is 0 Å². The fraction of sp³-hybridized carbons (Fsp3) is 0.400. The number of rotatable bonds is 6. The van der Waals surface area contributed by atoms with Crippen molar-refractivity contribution in [2.75, 3.05) is 7.05 Å². The van der Waals surface area contributed by atoms with Crippen LogP contribution in [0.1, 0.15) is 31.4 Å². The first kappa shape index (κ1) is 15.0. The van der Waals surface area contributed by atoms with Gasteiger partial charge in [0.2, 0.25) is 0 Å². The van der Waals surface area contributed by atoms with Crippen molar-refractivity contribution >= 4 is 17.0 Å². The standard InChI is InChI=1S/C15H20N4O2/c1-5-10(2)18(3)13(7-15(20)21)11-6-14-12(16-8-11)9-17-19(14)4/h6,8-9,13H,2,5,7H2,1,3-4H3,(H,20,21). The number of carbonyl (C=O) groups is 1. The minimum absolute atomic E-state index is 0.000554. The van der Waals surface area contributed by atoms with Crippen molar-refractivity contribution in [3.05, 3.63) is 36.3 Å². The Labute approximate surface area is 123 Å². The molecule has 1 unspecified atom stereocenters. The van der Waals surface area contributed by atoms with Crippen molar-refractivity contribution in [3.8, 4) is 0 Å². The Morgan fingerprint density at radius 1 is 1.52 bits per heavy atom. The largest absolute Gasteiger partial charge is 0.481 e. The quantitative estimate of drug-likeness (QED) is 0.883. The van der Waals surface area contributed by atoms with E-state index in [0.29, 0.717) is 0 Å². The van der Waals surface area contributed by atoms with Crippen LogP contribution < -0.4 is 0 Å². The van der Waals surface area contributed by atoms with Gasteiger partial charge in [-0.1, -0.05) is 13.5 Å². The van der Waals surface area contributed by atoms with Gasteiger partial charge in [-0.2, -0.15) is 5.10 Å². The van der Waals surface area contributed by atoms with Crippen molar-refractivity contribution in [1.82, 2.24) is 19.7 Å². The van der Waals surface area contributed by atoms with Gasteiger partial charge in [0.05, 0.1) is 24.2 Å². The van der Waals surface area contributed by atoms with Gasteiger partial charge >= 0.3 is 5.97 Å². The number of aromatic nitrogens is 3. The first-order chi connectivity index (χ1) is 9.93. The Bertz CT molecular complexity index is 677. The van der Waals surface area contributed by atoms with Crippen LogP contribution in [0.2, 0.25) is 0 Å². The first-order valence-corrected chi connectivity index (χ1v) is 6.84. The summed E-state index contributed by atoms with van der Waals surface area (Å²) in [6.45, 7) is 5.99. The molecular weight excluding hydrogens is 268 g/mol. The molecule has 6 heteroatoms. The van der Waals surface area contributed by atoms with Crippen LogP contribution in [0.3, 0.4) is 0 Å². The van der Waals surface area contributed by atoms with Gasteiger partial charge < -0.3 is 10.0 Å². The van der Waals surface area contributed by atoms with E-state index < -0.39 is 5.97 Å². The lowest BCUT2D eigenvalue weighted by atomic mass is 10.0. The molecule has 0 aliphatic heterocycles. The first-order valence-electron chi connectivity index (χ1n) is 6.84. The van der Waals surface area contributed by atoms with Gasteiger partial charge in [-0.25, -0.2) is 0 Å². The molecule has 2 aromatic heterocycles. The average molecular weight is 288 g/mol. The van der Waals surface area contributed by atoms with E-state index in [1.54, 1.807) is 17.1 Å². The van der Waals surface area contributed by atoms with Gasteiger partial charge in [-0.3, -0.25) is 14.5 Å². The lowest BCUT2D eigenvalue weighted by Crippen LogP contribution is -2.26. The van der Waals surface area contributed by atoms with Gasteiger partial charge in [-0.15, -0.1) is 0 Å². The van der Waals surface area contributed by atoms with Crippen LogP contribution in [0.15, 0.2) is 30.7 Å². The molecule has 1 atom stereocenters. The van der Waals surface area contributed by atoms with Gasteiger partial charge in [0, 0.05) is 26.0 Å². The van der Waals surface area contributed by atoms with Crippen LogP contribution in [0.4, 0.5) is 0 Å². The van der Waals surface area contributed by atoms with Crippen molar-refractivity contribution in [1.29, 1.82) is 0 Å². The fourth-order valence-electron chi connectivity index (χ4n) is 2.34. The van der Waals surface area contributed by atoms with Crippen LogP contribution >= 0.6 is 0 Å². The van der Waals surface area contributed by atoms with Crippen LogP contribution in [0, 0.1) is 0 Å². The van der Waals surface area contributed by atoms with Gasteiger partial charge in [0.25, 0.3) is 0 Å². The van der Waals surface area contributed by atoms with E-state index in [2.05, 4.69) is 16.7 Å². The molecule has 2 rings (SSSR count). The zero-order valence-corrected chi connectivity index (χ0v) is 12.6. The third-order valence-electron chi connectivity index (χ3n) is 3.75. The van der Waals surface area contributed by atoms with E-state index in [1.165, 1.54) is 0 Å². The van der Waals surface area contributed by atoms with E-state index in [4.69, 9.17) is 0 Å². The third-order valence-corrected chi connectivity index (χ3v) is 3.75. The highest BCUT2D eigenvalue weighted by Crippen LogP contribution is 2.28. The smallest absolute Gasteiger partial charge is 0.305 e. The second-order valence-electron chi connectivity index (χ2n) is 5.09. The summed E-state index contributed by atoms with van der Waals surface area (Å²) >= 11 is 0. The van der Waals surface area contributed by atoms with E-state index in [-0.39, 0.29) is 12.5 Å². The molecule has 2 heterocycles. The summed E-state index contributed by atoms with van der Waals surface area (Å²) in [5.74, 6) is -0.846. The molecule has 0 amide bonds. The summed E-state index contributed by atoms with van der Waals surface area (Å²) in [6.07, 6.45) is 4.19. The molecular formula is C15H20N4O2. The summed E-state index contributed by atoms with van der Waals surface area (Å²) in [5.41, 5.74) is 3.43. The predicted octanol–water partition coefficient (Wildman–Crippen LogP) is 2.34. The number of aliphatic carboxylic acids is 1. The molecule has 0 spiro atoms. The number of allylic oxidation sites excluding steroid dienone is 1. The number of pyridine rings is 1. The molecule has 21 heavy (non-hydrogen) atoms. The second kappa shape index (κ2) is 5.95. The molecule has 2 aromatic rings. The summed E-state index contributed by atoms with van der Waals surface area (Å²) < 4.78 is 1.73. The summed E-state index contributed by atoms with van der Waals surface area (Å²) in [4.78, 5) is 17.5. The number of aryl methyl sites for hydroxylation is 1. The average Bonchev–Trinajstić information content (AvgIpc) is 2.84. The summed E-state index contributed by atoms with van der Waals surface area (Å²) in [6, 6.07) is 1.66. The second-order valence-corrected chi connectivity index (χ2v) is 5.09. The monoisotopic (exact) mass is 288 g/mol. The Morgan fingerprint density at radius 2 is 2.24 bits per heavy atom. The number of carboxylic acids is 1. The molecule has 0 radical (unpaired) electrons. The highest BCUT2D eigenvalue weighted by Gasteiger charge is 2.22.